The van der Waals surface area contributed by atoms with Crippen LogP contribution in [0.15, 0.2) is 30.5 Å². The number of hydrogen-bond donors (Lipinski definition) is 0. The van der Waals surface area contributed by atoms with Crippen molar-refractivity contribution in [2.45, 2.75) is 44.4 Å². The number of rotatable bonds is 4. The lowest BCUT2D eigenvalue weighted by Gasteiger charge is -2.23. The smallest absolute Gasteiger partial charge is 0.377 e. The fourth-order valence-corrected chi connectivity index (χ4v) is 5.06. The summed E-state index contributed by atoms with van der Waals surface area (Å²) in [6, 6.07) is 6.48. The highest BCUT2D eigenvalue weighted by Gasteiger charge is 2.55. The lowest BCUT2D eigenvalue weighted by Crippen LogP contribution is -2.38. The van der Waals surface area contributed by atoms with Crippen molar-refractivity contribution in [2.75, 3.05) is 6.61 Å². The second-order valence-electron chi connectivity index (χ2n) is 7.76. The quantitative estimate of drug-likeness (QED) is 0.697. The highest BCUT2D eigenvalue weighted by atomic mass is 19.3. The minimum atomic E-state index is -3.41. The number of alkyl halides is 2. The first-order valence-electron chi connectivity index (χ1n) is 9.49. The third-order valence-electron chi connectivity index (χ3n) is 6.25. The lowest BCUT2D eigenvalue weighted by atomic mass is 9.89. The number of carbonyl (C=O) groups is 1. The van der Waals surface area contributed by atoms with Gasteiger partial charge in [-0.3, -0.25) is 4.98 Å². The number of hydrogen-bond acceptors (Lipinski definition) is 3. The molecular formula is C21H22F3NO2. The minimum Gasteiger partial charge on any atom is -0.462 e. The summed E-state index contributed by atoms with van der Waals surface area (Å²) in [6.45, 7) is 1.49. The molecule has 0 spiro atoms. The maximum atomic E-state index is 14.4. The minimum absolute atomic E-state index is 0.0399. The average molecular weight is 377 g/mol. The van der Waals surface area contributed by atoms with Gasteiger partial charge in [-0.25, -0.2) is 9.18 Å². The van der Waals surface area contributed by atoms with Gasteiger partial charge in [0.25, 0.3) is 0 Å². The Kier molecular flexibility index (Phi) is 4.60. The summed E-state index contributed by atoms with van der Waals surface area (Å²) in [4.78, 5) is 15.9. The predicted octanol–water partition coefficient (Wildman–Crippen LogP) is 5.09. The number of esters is 1. The molecule has 27 heavy (non-hydrogen) atoms. The first-order chi connectivity index (χ1) is 12.9. The molecule has 0 bridgehead atoms. The van der Waals surface area contributed by atoms with E-state index in [2.05, 4.69) is 9.72 Å². The number of halogens is 3. The fraction of sp³-hybridized carbons (Fsp3) is 0.524. The molecule has 1 aromatic heterocycles. The Labute approximate surface area is 155 Å². The summed E-state index contributed by atoms with van der Waals surface area (Å²) >= 11 is 0. The third-order valence-corrected chi connectivity index (χ3v) is 6.25. The van der Waals surface area contributed by atoms with Crippen molar-refractivity contribution in [1.82, 2.24) is 4.98 Å². The molecular weight excluding hydrogens is 355 g/mol. The number of carbonyl (C=O) groups excluding carboxylic acids is 1. The van der Waals surface area contributed by atoms with Crippen molar-refractivity contribution in [2.24, 2.45) is 17.8 Å². The van der Waals surface area contributed by atoms with E-state index in [1.165, 1.54) is 19.1 Å². The summed E-state index contributed by atoms with van der Waals surface area (Å²) in [7, 11) is 0. The summed E-state index contributed by atoms with van der Waals surface area (Å²) < 4.78 is 47.0. The summed E-state index contributed by atoms with van der Waals surface area (Å²) in [5.74, 6) is -5.52. The topological polar surface area (TPSA) is 39.2 Å². The molecule has 2 aliphatic carbocycles. The van der Waals surface area contributed by atoms with E-state index in [4.69, 9.17) is 0 Å². The zero-order valence-electron chi connectivity index (χ0n) is 15.1. The molecule has 4 rings (SSSR count). The van der Waals surface area contributed by atoms with Crippen LogP contribution in [0.1, 0.15) is 44.1 Å². The molecule has 2 aliphatic rings. The van der Waals surface area contributed by atoms with E-state index in [0.29, 0.717) is 12.8 Å². The molecule has 0 radical (unpaired) electrons. The second-order valence-corrected chi connectivity index (χ2v) is 7.76. The Morgan fingerprint density at radius 3 is 2.56 bits per heavy atom. The van der Waals surface area contributed by atoms with Crippen LogP contribution in [-0.4, -0.2) is 23.5 Å². The first kappa shape index (κ1) is 18.3. The normalized spacial score (nSPS) is 27.7. The Morgan fingerprint density at radius 1 is 1.19 bits per heavy atom. The van der Waals surface area contributed by atoms with Crippen LogP contribution in [0.25, 0.3) is 10.9 Å². The van der Waals surface area contributed by atoms with Crippen molar-refractivity contribution in [1.29, 1.82) is 0 Å². The largest absolute Gasteiger partial charge is 0.462 e. The van der Waals surface area contributed by atoms with Crippen LogP contribution in [0.4, 0.5) is 13.2 Å². The predicted molar refractivity (Wildman–Crippen MR) is 95.0 cm³/mol. The van der Waals surface area contributed by atoms with Crippen molar-refractivity contribution < 1.29 is 22.7 Å². The van der Waals surface area contributed by atoms with Gasteiger partial charge in [0.05, 0.1) is 12.1 Å². The van der Waals surface area contributed by atoms with Crippen LogP contribution in [0.3, 0.4) is 0 Å². The van der Waals surface area contributed by atoms with Crippen molar-refractivity contribution in [3.63, 3.8) is 0 Å². The number of nitrogens with zero attached hydrogens (tertiary/aromatic N) is 1. The van der Waals surface area contributed by atoms with Crippen molar-refractivity contribution in [3.8, 4) is 0 Å². The van der Waals surface area contributed by atoms with Crippen LogP contribution < -0.4 is 0 Å². The zero-order valence-corrected chi connectivity index (χ0v) is 15.1. The van der Waals surface area contributed by atoms with Gasteiger partial charge in [-0.15, -0.1) is 0 Å². The Morgan fingerprint density at radius 2 is 1.89 bits per heavy atom. The molecule has 2 aromatic rings. The molecule has 0 N–H and O–H groups in total. The van der Waals surface area contributed by atoms with Gasteiger partial charge in [0.2, 0.25) is 0 Å². The first-order valence-corrected chi connectivity index (χ1v) is 9.49. The number of benzene rings is 1. The van der Waals surface area contributed by atoms with Gasteiger partial charge < -0.3 is 4.74 Å². The highest BCUT2D eigenvalue weighted by molar-refractivity contribution is 5.82. The molecule has 3 nitrogen and oxygen atoms in total. The van der Waals surface area contributed by atoms with Crippen LogP contribution in [-0.2, 0) is 9.53 Å². The molecule has 0 amide bonds. The van der Waals surface area contributed by atoms with E-state index in [-0.39, 0.29) is 30.2 Å². The SMILES string of the molecule is CCOC(=O)C(F)(F)C1CC2CC(c3ccnc4ccc(F)cc34)C[C@@H]2C1. The van der Waals surface area contributed by atoms with Gasteiger partial charge >= 0.3 is 11.9 Å². The molecule has 0 saturated heterocycles. The zero-order chi connectivity index (χ0) is 19.2. The van der Waals surface area contributed by atoms with E-state index in [9.17, 15) is 18.0 Å². The molecule has 4 atom stereocenters. The molecule has 1 aromatic carbocycles. The van der Waals surface area contributed by atoms with Crippen LogP contribution in [0.5, 0.6) is 0 Å². The van der Waals surface area contributed by atoms with Crippen LogP contribution >= 0.6 is 0 Å². The summed E-state index contributed by atoms with van der Waals surface area (Å²) in [5.41, 5.74) is 1.79. The number of ether oxygens (including phenoxy) is 1. The summed E-state index contributed by atoms with van der Waals surface area (Å²) in [5, 5.41) is 0.802. The molecule has 3 unspecified atom stereocenters. The maximum absolute atomic E-state index is 14.4. The molecule has 0 aliphatic heterocycles. The van der Waals surface area contributed by atoms with E-state index in [1.54, 1.807) is 12.3 Å². The number of pyridine rings is 1. The van der Waals surface area contributed by atoms with Crippen LogP contribution in [0, 0.1) is 23.6 Å². The third kappa shape index (κ3) is 3.19. The molecule has 144 valence electrons. The van der Waals surface area contributed by atoms with Gasteiger partial charge in [0.1, 0.15) is 5.82 Å². The maximum Gasteiger partial charge on any atom is 0.377 e. The standard InChI is InChI=1S/C21H22F3NO2/c1-2-27-20(26)21(23,24)15-9-12-7-14(8-13(12)10-15)17-5-6-25-19-4-3-16(22)11-18(17)19/h3-6,11-15H,2,7-10H2,1H3/t12-,13?,14?,15?/m1/s1. The molecule has 2 fully saturated rings. The van der Waals surface area contributed by atoms with E-state index >= 15 is 0 Å². The monoisotopic (exact) mass is 377 g/mol. The number of aromatic nitrogens is 1. The fourth-order valence-electron chi connectivity index (χ4n) is 5.06. The van der Waals surface area contributed by atoms with Crippen molar-refractivity contribution >= 4 is 16.9 Å². The van der Waals surface area contributed by atoms with Crippen molar-refractivity contribution in [3.05, 3.63) is 41.8 Å². The van der Waals surface area contributed by atoms with Gasteiger partial charge in [-0.2, -0.15) is 8.78 Å². The van der Waals surface area contributed by atoms with Gasteiger partial charge in [-0.05, 0) is 80.2 Å². The average Bonchev–Trinajstić information content (AvgIpc) is 3.20. The van der Waals surface area contributed by atoms with Crippen LogP contribution in [0.2, 0.25) is 0 Å². The highest BCUT2D eigenvalue weighted by Crippen LogP contribution is 2.56. The second kappa shape index (κ2) is 6.80. The molecule has 6 heteroatoms. The van der Waals surface area contributed by atoms with E-state index in [0.717, 1.165) is 29.3 Å². The van der Waals surface area contributed by atoms with E-state index < -0.39 is 17.8 Å². The lowest BCUT2D eigenvalue weighted by molar-refractivity contribution is -0.180. The number of fused-ring (bicyclic) bond motifs is 2. The Hall–Kier alpha value is -2.11. The molecule has 1 heterocycles. The Balaban J connectivity index is 1.51. The Bertz CT molecular complexity index is 856. The van der Waals surface area contributed by atoms with Gasteiger partial charge in [0, 0.05) is 17.5 Å². The van der Waals surface area contributed by atoms with Gasteiger partial charge in [0.15, 0.2) is 0 Å². The molecule has 2 saturated carbocycles. The van der Waals surface area contributed by atoms with E-state index in [1.807, 2.05) is 6.07 Å². The summed E-state index contributed by atoms with van der Waals surface area (Å²) in [6.07, 6.45) is 3.97. The van der Waals surface area contributed by atoms with Gasteiger partial charge in [-0.1, -0.05) is 0 Å².